The van der Waals surface area contributed by atoms with Crippen molar-refractivity contribution in [2.75, 3.05) is 13.7 Å². The number of halogens is 1. The van der Waals surface area contributed by atoms with Crippen LogP contribution >= 0.6 is 38.6 Å². The second-order valence-corrected chi connectivity index (χ2v) is 8.93. The molecule has 1 N–H and O–H groups in total. The molecular formula is C11H12BrNO3S3. The van der Waals surface area contributed by atoms with Gasteiger partial charge in [-0.05, 0) is 50.5 Å². The predicted octanol–water partition coefficient (Wildman–Crippen LogP) is 3.24. The smallest absolute Gasteiger partial charge is 0.250 e. The minimum atomic E-state index is -3.47. The molecule has 0 aromatic carbocycles. The molecule has 0 amide bonds. The highest BCUT2D eigenvalue weighted by Crippen LogP contribution is 2.26. The van der Waals surface area contributed by atoms with E-state index < -0.39 is 10.0 Å². The van der Waals surface area contributed by atoms with Gasteiger partial charge in [0.05, 0.1) is 9.89 Å². The van der Waals surface area contributed by atoms with Crippen molar-refractivity contribution in [3.8, 4) is 0 Å². The van der Waals surface area contributed by atoms with Crippen molar-refractivity contribution in [1.29, 1.82) is 0 Å². The van der Waals surface area contributed by atoms with E-state index in [9.17, 15) is 8.42 Å². The third-order valence-electron chi connectivity index (χ3n) is 2.47. The zero-order valence-corrected chi connectivity index (χ0v) is 14.0. The predicted molar refractivity (Wildman–Crippen MR) is 81.3 cm³/mol. The molecule has 0 aliphatic rings. The van der Waals surface area contributed by atoms with Gasteiger partial charge in [-0.2, -0.15) is 11.3 Å². The van der Waals surface area contributed by atoms with Gasteiger partial charge in [0.2, 0.25) is 10.0 Å². The Morgan fingerprint density at radius 1 is 1.42 bits per heavy atom. The second kappa shape index (κ2) is 6.47. The monoisotopic (exact) mass is 381 g/mol. The quantitative estimate of drug-likeness (QED) is 0.835. The average Bonchev–Trinajstić information content (AvgIpc) is 3.01. The Balaban J connectivity index is 2.05. The summed E-state index contributed by atoms with van der Waals surface area (Å²) in [5.74, 6) is 0. The van der Waals surface area contributed by atoms with Crippen molar-refractivity contribution < 1.29 is 13.2 Å². The Bertz CT molecular complexity index is 621. The van der Waals surface area contributed by atoms with Crippen LogP contribution in [-0.2, 0) is 14.8 Å². The molecule has 0 saturated heterocycles. The maximum Gasteiger partial charge on any atom is 0.250 e. The molecule has 1 atom stereocenters. The van der Waals surface area contributed by atoms with Crippen LogP contribution in [-0.4, -0.2) is 22.1 Å². The fourth-order valence-electron chi connectivity index (χ4n) is 1.49. The van der Waals surface area contributed by atoms with Gasteiger partial charge in [0, 0.05) is 13.7 Å². The summed E-state index contributed by atoms with van der Waals surface area (Å²) in [7, 11) is -1.91. The lowest BCUT2D eigenvalue weighted by atomic mass is 10.2. The number of sulfonamides is 1. The maximum atomic E-state index is 12.1. The summed E-state index contributed by atoms with van der Waals surface area (Å²) < 4.78 is 33.1. The molecule has 2 aromatic rings. The lowest BCUT2D eigenvalue weighted by Gasteiger charge is -2.14. The molecular weight excluding hydrogens is 370 g/mol. The zero-order chi connectivity index (χ0) is 13.9. The Morgan fingerprint density at radius 3 is 2.74 bits per heavy atom. The first kappa shape index (κ1) is 15.1. The van der Waals surface area contributed by atoms with Gasteiger partial charge >= 0.3 is 0 Å². The maximum absolute atomic E-state index is 12.1. The van der Waals surface area contributed by atoms with Gasteiger partial charge in [-0.1, -0.05) is 0 Å². The van der Waals surface area contributed by atoms with Crippen molar-refractivity contribution in [2.45, 2.75) is 10.3 Å². The summed E-state index contributed by atoms with van der Waals surface area (Å²) in [4.78, 5) is 0. The molecule has 0 fully saturated rings. The first-order valence-electron chi connectivity index (χ1n) is 5.33. The standard InChI is InChI=1S/C11H12BrNO3S3/c1-16-9(8-4-5-17-7-8)6-13-19(14,15)11-3-2-10(12)18-11/h2-5,7,9,13H,6H2,1H3/t9-/m0/s1. The second-order valence-electron chi connectivity index (χ2n) is 3.69. The highest BCUT2D eigenvalue weighted by atomic mass is 79.9. The van der Waals surface area contributed by atoms with Crippen LogP contribution in [0.2, 0.25) is 0 Å². The first-order chi connectivity index (χ1) is 9.03. The molecule has 0 saturated carbocycles. The van der Waals surface area contributed by atoms with Crippen molar-refractivity contribution >= 4 is 48.6 Å². The number of thiophene rings is 2. The summed E-state index contributed by atoms with van der Waals surface area (Å²) >= 11 is 5.99. The fraction of sp³-hybridized carbons (Fsp3) is 0.273. The van der Waals surface area contributed by atoms with E-state index in [0.717, 1.165) is 9.35 Å². The SMILES string of the molecule is CO[C@@H](CNS(=O)(=O)c1ccc(Br)s1)c1ccsc1. The highest BCUT2D eigenvalue weighted by molar-refractivity contribution is 9.11. The van der Waals surface area contributed by atoms with E-state index in [1.807, 2.05) is 16.8 Å². The third kappa shape index (κ3) is 3.87. The molecule has 0 radical (unpaired) electrons. The summed E-state index contributed by atoms with van der Waals surface area (Å²) in [6.45, 7) is 0.213. The van der Waals surface area contributed by atoms with Crippen LogP contribution in [0.3, 0.4) is 0 Å². The summed E-state index contributed by atoms with van der Waals surface area (Å²) in [6.07, 6.45) is -0.274. The molecule has 8 heteroatoms. The number of ether oxygens (including phenoxy) is 1. The van der Waals surface area contributed by atoms with Gasteiger partial charge in [0.25, 0.3) is 0 Å². The number of hydrogen-bond donors (Lipinski definition) is 1. The highest BCUT2D eigenvalue weighted by Gasteiger charge is 2.19. The molecule has 0 unspecified atom stereocenters. The minimum absolute atomic E-state index is 0.213. The molecule has 0 bridgehead atoms. The molecule has 4 nitrogen and oxygen atoms in total. The molecule has 0 spiro atoms. The van der Waals surface area contributed by atoms with Crippen LogP contribution in [0.1, 0.15) is 11.7 Å². The van der Waals surface area contributed by atoms with Crippen LogP contribution in [0, 0.1) is 0 Å². The Hall–Kier alpha value is -0.250. The summed E-state index contributed by atoms with van der Waals surface area (Å²) in [6, 6.07) is 5.21. The van der Waals surface area contributed by atoms with E-state index in [1.165, 1.54) is 11.3 Å². The van der Waals surface area contributed by atoms with Crippen molar-refractivity contribution in [1.82, 2.24) is 4.72 Å². The fourth-order valence-corrected chi connectivity index (χ4v) is 5.28. The number of nitrogens with one attached hydrogen (secondary N) is 1. The van der Waals surface area contributed by atoms with Crippen LogP contribution < -0.4 is 4.72 Å². The molecule has 2 rings (SSSR count). The van der Waals surface area contributed by atoms with E-state index >= 15 is 0 Å². The average molecular weight is 382 g/mol. The van der Waals surface area contributed by atoms with E-state index in [1.54, 1.807) is 30.6 Å². The van der Waals surface area contributed by atoms with Crippen LogP contribution in [0.5, 0.6) is 0 Å². The van der Waals surface area contributed by atoms with Crippen LogP contribution in [0.25, 0.3) is 0 Å². The van der Waals surface area contributed by atoms with Gasteiger partial charge < -0.3 is 4.74 Å². The van der Waals surface area contributed by atoms with E-state index in [4.69, 9.17) is 4.74 Å². The molecule has 0 aliphatic heterocycles. The summed E-state index contributed by atoms with van der Waals surface area (Å²) in [5, 5.41) is 3.89. The van der Waals surface area contributed by atoms with Gasteiger partial charge in [0.1, 0.15) is 4.21 Å². The number of methoxy groups -OCH3 is 1. The van der Waals surface area contributed by atoms with Gasteiger partial charge in [-0.15, -0.1) is 11.3 Å². The summed E-state index contributed by atoms with van der Waals surface area (Å²) in [5.41, 5.74) is 0.975. The molecule has 104 valence electrons. The Kier molecular flexibility index (Phi) is 5.15. The third-order valence-corrected chi connectivity index (χ3v) is 6.71. The van der Waals surface area contributed by atoms with Gasteiger partial charge in [0.15, 0.2) is 0 Å². The zero-order valence-electron chi connectivity index (χ0n) is 10.00. The van der Waals surface area contributed by atoms with E-state index in [2.05, 4.69) is 20.7 Å². The van der Waals surface area contributed by atoms with Crippen LogP contribution in [0.4, 0.5) is 0 Å². The van der Waals surface area contributed by atoms with E-state index in [0.29, 0.717) is 4.21 Å². The Labute approximate surface area is 128 Å². The molecule has 0 aliphatic carbocycles. The van der Waals surface area contributed by atoms with E-state index in [-0.39, 0.29) is 12.6 Å². The molecule has 2 aromatic heterocycles. The van der Waals surface area contributed by atoms with Crippen molar-refractivity contribution in [3.05, 3.63) is 38.3 Å². The minimum Gasteiger partial charge on any atom is -0.375 e. The molecule has 19 heavy (non-hydrogen) atoms. The largest absolute Gasteiger partial charge is 0.375 e. The van der Waals surface area contributed by atoms with Crippen molar-refractivity contribution in [2.24, 2.45) is 0 Å². The first-order valence-corrected chi connectivity index (χ1v) is 9.36. The normalized spacial score (nSPS) is 13.6. The van der Waals surface area contributed by atoms with Crippen LogP contribution in [0.15, 0.2) is 37.0 Å². The van der Waals surface area contributed by atoms with Crippen molar-refractivity contribution in [3.63, 3.8) is 0 Å². The lowest BCUT2D eigenvalue weighted by Crippen LogP contribution is -2.28. The van der Waals surface area contributed by atoms with Gasteiger partial charge in [-0.25, -0.2) is 13.1 Å². The molecule has 2 heterocycles. The number of hydrogen-bond acceptors (Lipinski definition) is 5. The lowest BCUT2D eigenvalue weighted by molar-refractivity contribution is 0.107. The Morgan fingerprint density at radius 2 is 2.21 bits per heavy atom. The van der Waals surface area contributed by atoms with Gasteiger partial charge in [-0.3, -0.25) is 0 Å². The topological polar surface area (TPSA) is 55.4 Å². The number of rotatable bonds is 6.